The first-order valence-electron chi connectivity index (χ1n) is 10.8. The van der Waals surface area contributed by atoms with E-state index in [4.69, 9.17) is 4.74 Å². The molecule has 1 N–H and O–H groups in total. The molecule has 32 heavy (non-hydrogen) atoms. The lowest BCUT2D eigenvalue weighted by Gasteiger charge is -2.31. The highest BCUT2D eigenvalue weighted by atomic mass is 19.1. The molecule has 0 spiro atoms. The number of H-pyrrole nitrogens is 1. The topological polar surface area (TPSA) is 83.9 Å². The molecule has 0 aliphatic carbocycles. The minimum Gasteiger partial charge on any atom is -0.494 e. The molecule has 2 aromatic heterocycles. The number of aromatic amines is 1. The Morgan fingerprint density at radius 1 is 1.22 bits per heavy atom. The summed E-state index contributed by atoms with van der Waals surface area (Å²) in [5.74, 6) is -0.702. The van der Waals surface area contributed by atoms with Gasteiger partial charge in [-0.25, -0.2) is 4.39 Å². The Morgan fingerprint density at radius 3 is 2.72 bits per heavy atom. The largest absolute Gasteiger partial charge is 0.494 e. The Labute approximate surface area is 184 Å². The molecule has 4 rings (SSSR count). The van der Waals surface area contributed by atoms with Gasteiger partial charge in [-0.3, -0.25) is 14.4 Å². The fraction of sp³-hybridized carbons (Fsp3) is 0.375. The van der Waals surface area contributed by atoms with Crippen molar-refractivity contribution in [3.8, 4) is 5.75 Å². The second kappa shape index (κ2) is 9.38. The lowest BCUT2D eigenvalue weighted by Crippen LogP contribution is -2.40. The smallest absolute Gasteiger partial charge is 0.272 e. The van der Waals surface area contributed by atoms with Gasteiger partial charge in [0.1, 0.15) is 5.52 Å². The van der Waals surface area contributed by atoms with Crippen LogP contribution in [0, 0.1) is 11.7 Å². The van der Waals surface area contributed by atoms with Crippen molar-refractivity contribution >= 4 is 17.2 Å². The molecule has 0 radical (unpaired) electrons. The van der Waals surface area contributed by atoms with Gasteiger partial charge in [-0.05, 0) is 56.0 Å². The number of ketones is 1. The molecule has 0 saturated carbocycles. The van der Waals surface area contributed by atoms with Crippen molar-refractivity contribution < 1.29 is 18.7 Å². The molecule has 0 unspecified atom stereocenters. The van der Waals surface area contributed by atoms with Crippen LogP contribution in [0.4, 0.5) is 4.39 Å². The van der Waals surface area contributed by atoms with Gasteiger partial charge in [0.05, 0.1) is 7.11 Å². The number of fused-ring (bicyclic) bond motifs is 1. The van der Waals surface area contributed by atoms with E-state index in [0.29, 0.717) is 56.3 Å². The van der Waals surface area contributed by atoms with Gasteiger partial charge in [0.15, 0.2) is 17.3 Å². The quantitative estimate of drug-likeness (QED) is 0.573. The number of nitrogens with one attached hydrogen (secondary N) is 1. The lowest BCUT2D eigenvalue weighted by molar-refractivity contribution is -0.132. The first-order valence-corrected chi connectivity index (χ1v) is 10.8. The molecule has 0 atom stereocenters. The summed E-state index contributed by atoms with van der Waals surface area (Å²) in [6.07, 6.45) is 6.45. The molecular weight excluding hydrogens is 413 g/mol. The molecule has 8 heteroatoms. The van der Waals surface area contributed by atoms with E-state index in [1.165, 1.54) is 19.2 Å². The SMILES string of the molecule is COc1ccc(C(=O)C2CCN(C(=O)CCCc3cn4cccc4c(=O)[nH]3)CC2)cc1F. The number of carbonyl (C=O) groups excluding carboxylic acids is 2. The molecule has 1 aliphatic heterocycles. The molecule has 1 fully saturated rings. The van der Waals surface area contributed by atoms with E-state index >= 15 is 0 Å². The first kappa shape index (κ1) is 21.8. The highest BCUT2D eigenvalue weighted by molar-refractivity contribution is 5.98. The van der Waals surface area contributed by atoms with Crippen LogP contribution in [0.1, 0.15) is 41.7 Å². The molecular formula is C24H26FN3O4. The van der Waals surface area contributed by atoms with Crippen molar-refractivity contribution in [2.45, 2.75) is 32.1 Å². The summed E-state index contributed by atoms with van der Waals surface area (Å²) >= 11 is 0. The van der Waals surface area contributed by atoms with Crippen LogP contribution in [-0.4, -0.2) is 46.2 Å². The van der Waals surface area contributed by atoms with Crippen LogP contribution in [0.2, 0.25) is 0 Å². The maximum atomic E-state index is 13.9. The number of amides is 1. The molecule has 0 bridgehead atoms. The summed E-state index contributed by atoms with van der Waals surface area (Å²) in [4.78, 5) is 42.0. The van der Waals surface area contributed by atoms with Gasteiger partial charge in [-0.1, -0.05) is 0 Å². The van der Waals surface area contributed by atoms with Gasteiger partial charge >= 0.3 is 0 Å². The van der Waals surface area contributed by atoms with Crippen LogP contribution >= 0.6 is 0 Å². The number of likely N-dealkylation sites (tertiary alicyclic amines) is 1. The first-order chi connectivity index (χ1) is 15.5. The maximum Gasteiger partial charge on any atom is 0.272 e. The van der Waals surface area contributed by atoms with E-state index in [1.54, 1.807) is 21.4 Å². The number of nitrogens with zero attached hydrogens (tertiary/aromatic N) is 2. The highest BCUT2D eigenvalue weighted by Crippen LogP contribution is 2.25. The van der Waals surface area contributed by atoms with Crippen LogP contribution in [0.25, 0.3) is 5.52 Å². The average Bonchev–Trinajstić information content (AvgIpc) is 3.28. The van der Waals surface area contributed by atoms with E-state index in [0.717, 1.165) is 5.69 Å². The number of aromatic nitrogens is 2. The summed E-state index contributed by atoms with van der Waals surface area (Å²) in [5, 5.41) is 0. The molecule has 168 valence electrons. The van der Waals surface area contributed by atoms with E-state index in [2.05, 4.69) is 4.98 Å². The normalized spacial score (nSPS) is 14.6. The zero-order valence-corrected chi connectivity index (χ0v) is 18.0. The van der Waals surface area contributed by atoms with Crippen LogP contribution in [0.3, 0.4) is 0 Å². The number of benzene rings is 1. The Hall–Kier alpha value is -3.42. The van der Waals surface area contributed by atoms with Gasteiger partial charge in [-0.2, -0.15) is 0 Å². The molecule has 1 aliphatic rings. The summed E-state index contributed by atoms with van der Waals surface area (Å²) in [6, 6.07) is 7.83. The number of carbonyl (C=O) groups is 2. The number of hydrogen-bond donors (Lipinski definition) is 1. The average molecular weight is 439 g/mol. The predicted octanol–water partition coefficient (Wildman–Crippen LogP) is 3.22. The summed E-state index contributed by atoms with van der Waals surface area (Å²) in [7, 11) is 1.38. The van der Waals surface area contributed by atoms with E-state index < -0.39 is 5.82 Å². The molecule has 7 nitrogen and oxygen atoms in total. The minimum atomic E-state index is -0.553. The van der Waals surface area contributed by atoms with Crippen molar-refractivity contribution in [2.75, 3.05) is 20.2 Å². The molecule has 1 saturated heterocycles. The fourth-order valence-electron chi connectivity index (χ4n) is 4.27. The van der Waals surface area contributed by atoms with Gasteiger partial charge < -0.3 is 19.0 Å². The van der Waals surface area contributed by atoms with Gasteiger partial charge in [0.2, 0.25) is 5.91 Å². The van der Waals surface area contributed by atoms with E-state index in [1.807, 2.05) is 18.5 Å². The summed E-state index contributed by atoms with van der Waals surface area (Å²) in [6.45, 7) is 1.03. The predicted molar refractivity (Wildman–Crippen MR) is 118 cm³/mol. The zero-order chi connectivity index (χ0) is 22.7. The Kier molecular flexibility index (Phi) is 6.39. The number of methoxy groups -OCH3 is 1. The Balaban J connectivity index is 1.26. The third-order valence-electron chi connectivity index (χ3n) is 6.07. The summed E-state index contributed by atoms with van der Waals surface area (Å²) in [5.41, 5.74) is 1.59. The second-order valence-electron chi connectivity index (χ2n) is 8.13. The number of rotatable bonds is 7. The lowest BCUT2D eigenvalue weighted by atomic mass is 9.88. The van der Waals surface area contributed by atoms with Crippen LogP contribution in [-0.2, 0) is 11.2 Å². The van der Waals surface area contributed by atoms with Crippen LogP contribution in [0.15, 0.2) is 47.5 Å². The molecule has 3 heterocycles. The maximum absolute atomic E-state index is 13.9. The number of Topliss-reactive ketones (excluding diaryl/α,β-unsaturated/α-hetero) is 1. The highest BCUT2D eigenvalue weighted by Gasteiger charge is 2.28. The van der Waals surface area contributed by atoms with E-state index in [-0.39, 0.29) is 28.9 Å². The number of ether oxygens (including phenoxy) is 1. The minimum absolute atomic E-state index is 0.0516. The molecule has 1 aromatic carbocycles. The third kappa shape index (κ3) is 4.59. The number of hydrogen-bond acceptors (Lipinski definition) is 4. The van der Waals surface area contributed by atoms with Crippen molar-refractivity contribution in [2.24, 2.45) is 5.92 Å². The second-order valence-corrected chi connectivity index (χ2v) is 8.13. The molecule has 1 amide bonds. The number of halogens is 1. The van der Waals surface area contributed by atoms with Gasteiger partial charge in [-0.15, -0.1) is 0 Å². The van der Waals surface area contributed by atoms with Crippen molar-refractivity contribution in [3.05, 3.63) is 70.2 Å². The number of piperidine rings is 1. The monoisotopic (exact) mass is 439 g/mol. The zero-order valence-electron chi connectivity index (χ0n) is 18.0. The Bertz CT molecular complexity index is 1190. The Morgan fingerprint density at radius 2 is 2.00 bits per heavy atom. The molecule has 3 aromatic rings. The van der Waals surface area contributed by atoms with Crippen molar-refractivity contribution in [3.63, 3.8) is 0 Å². The van der Waals surface area contributed by atoms with Crippen LogP contribution in [0.5, 0.6) is 5.75 Å². The van der Waals surface area contributed by atoms with Gasteiger partial charge in [0, 0.05) is 49.1 Å². The number of aryl methyl sites for hydroxylation is 1. The van der Waals surface area contributed by atoms with Crippen molar-refractivity contribution in [1.82, 2.24) is 14.3 Å². The van der Waals surface area contributed by atoms with E-state index in [9.17, 15) is 18.8 Å². The standard InChI is InChI=1S/C24H26FN3O4/c1-32-21-8-7-17(14-19(21)25)23(30)16-9-12-27(13-10-16)22(29)6-2-4-18-15-28-11-3-5-20(28)24(31)26-18/h3,5,7-8,11,14-16H,2,4,6,9-10,12-13H2,1H3,(H,26,31). The van der Waals surface area contributed by atoms with Crippen LogP contribution < -0.4 is 10.3 Å². The van der Waals surface area contributed by atoms with Crippen molar-refractivity contribution in [1.29, 1.82) is 0 Å². The summed E-state index contributed by atoms with van der Waals surface area (Å²) < 4.78 is 20.6. The van der Waals surface area contributed by atoms with Gasteiger partial charge in [0.25, 0.3) is 5.56 Å². The fourth-order valence-corrected chi connectivity index (χ4v) is 4.27. The third-order valence-corrected chi connectivity index (χ3v) is 6.07.